The number of ether oxygens (including phenoxy) is 1. The van der Waals surface area contributed by atoms with Crippen molar-refractivity contribution in [1.82, 2.24) is 0 Å². The summed E-state index contributed by atoms with van der Waals surface area (Å²) in [4.78, 5) is 11.3. The number of esters is 1. The predicted octanol–water partition coefficient (Wildman–Crippen LogP) is 4.08. The molecule has 3 nitrogen and oxygen atoms in total. The highest BCUT2D eigenvalue weighted by Crippen LogP contribution is 2.31. The summed E-state index contributed by atoms with van der Waals surface area (Å²) in [5.74, 6) is -0.0300. The molecule has 0 aliphatic carbocycles. The van der Waals surface area contributed by atoms with Gasteiger partial charge in [-0.25, -0.2) is 0 Å². The van der Waals surface area contributed by atoms with E-state index in [9.17, 15) is 4.79 Å². The van der Waals surface area contributed by atoms with Crippen molar-refractivity contribution in [2.45, 2.75) is 25.8 Å². The van der Waals surface area contributed by atoms with Crippen LogP contribution in [0, 0.1) is 5.92 Å². The lowest BCUT2D eigenvalue weighted by atomic mass is 9.91. The van der Waals surface area contributed by atoms with Gasteiger partial charge >= 0.3 is 5.97 Å². The van der Waals surface area contributed by atoms with Crippen molar-refractivity contribution in [1.29, 1.82) is 0 Å². The molecule has 2 unspecified atom stereocenters. The SMILES string of the molecule is COC(=O)CC(C)CC(N)c1ccc(Cl)c2ccccc12. The van der Waals surface area contributed by atoms with Crippen LogP contribution in [0.4, 0.5) is 0 Å². The molecule has 0 heterocycles. The van der Waals surface area contributed by atoms with E-state index in [4.69, 9.17) is 22.1 Å². The van der Waals surface area contributed by atoms with Gasteiger partial charge in [0.05, 0.1) is 7.11 Å². The van der Waals surface area contributed by atoms with E-state index in [2.05, 4.69) is 0 Å². The lowest BCUT2D eigenvalue weighted by Crippen LogP contribution is -2.17. The molecule has 0 fully saturated rings. The Labute approximate surface area is 130 Å². The summed E-state index contributed by atoms with van der Waals surface area (Å²) in [7, 11) is 1.40. The molecule has 2 atom stereocenters. The molecule has 0 bridgehead atoms. The lowest BCUT2D eigenvalue weighted by Gasteiger charge is -2.19. The third kappa shape index (κ3) is 3.74. The maximum atomic E-state index is 11.3. The van der Waals surface area contributed by atoms with E-state index in [1.165, 1.54) is 7.11 Å². The van der Waals surface area contributed by atoms with Gasteiger partial charge in [-0.3, -0.25) is 4.79 Å². The van der Waals surface area contributed by atoms with Gasteiger partial charge in [-0.15, -0.1) is 0 Å². The summed E-state index contributed by atoms with van der Waals surface area (Å²) in [6.07, 6.45) is 1.11. The van der Waals surface area contributed by atoms with E-state index in [1.54, 1.807) is 0 Å². The van der Waals surface area contributed by atoms with Gasteiger partial charge in [-0.2, -0.15) is 0 Å². The first kappa shape index (κ1) is 15.8. The minimum absolute atomic E-state index is 0.133. The molecule has 21 heavy (non-hydrogen) atoms. The number of halogens is 1. The molecule has 0 spiro atoms. The molecule has 0 aromatic heterocycles. The minimum atomic E-state index is -0.198. The van der Waals surface area contributed by atoms with Gasteiger partial charge in [0.2, 0.25) is 0 Å². The molecule has 0 aliphatic heterocycles. The highest BCUT2D eigenvalue weighted by atomic mass is 35.5. The van der Waals surface area contributed by atoms with Crippen LogP contribution in [-0.2, 0) is 9.53 Å². The largest absolute Gasteiger partial charge is 0.469 e. The zero-order valence-electron chi connectivity index (χ0n) is 12.3. The van der Waals surface area contributed by atoms with Crippen LogP contribution < -0.4 is 5.73 Å². The fourth-order valence-corrected chi connectivity index (χ4v) is 2.85. The van der Waals surface area contributed by atoms with Gasteiger partial charge in [-0.1, -0.05) is 48.9 Å². The van der Waals surface area contributed by atoms with E-state index in [0.29, 0.717) is 6.42 Å². The van der Waals surface area contributed by atoms with Crippen molar-refractivity contribution in [3.63, 3.8) is 0 Å². The summed E-state index contributed by atoms with van der Waals surface area (Å²) in [5, 5.41) is 2.81. The molecule has 0 saturated heterocycles. The Kier molecular flexibility index (Phi) is 5.21. The number of nitrogens with two attached hydrogens (primary N) is 1. The molecule has 0 amide bonds. The maximum absolute atomic E-state index is 11.3. The monoisotopic (exact) mass is 305 g/mol. The first-order valence-electron chi connectivity index (χ1n) is 7.02. The Balaban J connectivity index is 2.22. The number of benzene rings is 2. The fraction of sp³-hybridized carbons (Fsp3) is 0.353. The predicted molar refractivity (Wildman–Crippen MR) is 86.3 cm³/mol. The van der Waals surface area contributed by atoms with Crippen LogP contribution >= 0.6 is 11.6 Å². The van der Waals surface area contributed by atoms with E-state index in [0.717, 1.165) is 27.8 Å². The molecular weight excluding hydrogens is 286 g/mol. The van der Waals surface area contributed by atoms with Crippen LogP contribution in [0.5, 0.6) is 0 Å². The quantitative estimate of drug-likeness (QED) is 0.847. The highest BCUT2D eigenvalue weighted by molar-refractivity contribution is 6.35. The zero-order chi connectivity index (χ0) is 15.4. The molecule has 2 aromatic rings. The normalized spacial score (nSPS) is 13.9. The molecule has 112 valence electrons. The van der Waals surface area contributed by atoms with Crippen molar-refractivity contribution < 1.29 is 9.53 Å². The van der Waals surface area contributed by atoms with Crippen LogP contribution in [0.15, 0.2) is 36.4 Å². The molecule has 2 N–H and O–H groups in total. The summed E-state index contributed by atoms with van der Waals surface area (Å²) >= 11 is 6.23. The smallest absolute Gasteiger partial charge is 0.305 e. The second-order valence-electron chi connectivity index (χ2n) is 5.41. The number of hydrogen-bond donors (Lipinski definition) is 1. The Morgan fingerprint density at radius 1 is 1.24 bits per heavy atom. The first-order valence-corrected chi connectivity index (χ1v) is 7.40. The standard InChI is InChI=1S/C17H20ClNO2/c1-11(10-17(20)21-2)9-16(19)14-7-8-15(18)13-6-4-3-5-12(13)14/h3-8,11,16H,9-10,19H2,1-2H3. The van der Waals surface area contributed by atoms with Crippen molar-refractivity contribution >= 4 is 28.3 Å². The van der Waals surface area contributed by atoms with Crippen LogP contribution in [0.1, 0.15) is 31.4 Å². The van der Waals surface area contributed by atoms with Crippen molar-refractivity contribution in [2.24, 2.45) is 11.7 Å². The molecule has 2 rings (SSSR count). The van der Waals surface area contributed by atoms with Gasteiger partial charge in [0.15, 0.2) is 0 Å². The first-order chi connectivity index (χ1) is 10.0. The Hall–Kier alpha value is -1.58. The van der Waals surface area contributed by atoms with Crippen LogP contribution in [-0.4, -0.2) is 13.1 Å². The number of methoxy groups -OCH3 is 1. The summed E-state index contributed by atoms with van der Waals surface area (Å²) in [6, 6.07) is 11.7. The third-order valence-electron chi connectivity index (χ3n) is 3.70. The average Bonchev–Trinajstić information content (AvgIpc) is 2.47. The third-order valence-corrected chi connectivity index (χ3v) is 4.03. The fourth-order valence-electron chi connectivity index (χ4n) is 2.62. The molecule has 0 saturated carbocycles. The molecule has 0 radical (unpaired) electrons. The van der Waals surface area contributed by atoms with Crippen molar-refractivity contribution in [2.75, 3.05) is 7.11 Å². The molecule has 4 heteroatoms. The maximum Gasteiger partial charge on any atom is 0.305 e. The van der Waals surface area contributed by atoms with Gasteiger partial charge in [-0.05, 0) is 29.4 Å². The number of carbonyl (C=O) groups excluding carboxylic acids is 1. The van der Waals surface area contributed by atoms with Gasteiger partial charge < -0.3 is 10.5 Å². The van der Waals surface area contributed by atoms with E-state index < -0.39 is 0 Å². The van der Waals surface area contributed by atoms with Crippen molar-refractivity contribution in [3.8, 4) is 0 Å². The minimum Gasteiger partial charge on any atom is -0.469 e. The molecular formula is C17H20ClNO2. The van der Waals surface area contributed by atoms with Crippen LogP contribution in [0.3, 0.4) is 0 Å². The summed E-state index contributed by atoms with van der Waals surface area (Å²) < 4.78 is 4.70. The summed E-state index contributed by atoms with van der Waals surface area (Å²) in [5.41, 5.74) is 7.40. The van der Waals surface area contributed by atoms with E-state index in [1.807, 2.05) is 43.3 Å². The Morgan fingerprint density at radius 3 is 2.57 bits per heavy atom. The second-order valence-corrected chi connectivity index (χ2v) is 5.82. The number of rotatable bonds is 5. The molecule has 2 aromatic carbocycles. The Morgan fingerprint density at radius 2 is 1.90 bits per heavy atom. The second kappa shape index (κ2) is 6.92. The Bertz CT molecular complexity index is 642. The average molecular weight is 306 g/mol. The van der Waals surface area contributed by atoms with E-state index in [-0.39, 0.29) is 17.9 Å². The highest BCUT2D eigenvalue weighted by Gasteiger charge is 2.17. The van der Waals surface area contributed by atoms with Gasteiger partial charge in [0, 0.05) is 22.9 Å². The topological polar surface area (TPSA) is 52.3 Å². The van der Waals surface area contributed by atoms with Crippen LogP contribution in [0.2, 0.25) is 5.02 Å². The number of fused-ring (bicyclic) bond motifs is 1. The number of hydrogen-bond acceptors (Lipinski definition) is 3. The number of carbonyl (C=O) groups is 1. The van der Waals surface area contributed by atoms with E-state index >= 15 is 0 Å². The summed E-state index contributed by atoms with van der Waals surface area (Å²) in [6.45, 7) is 2.01. The zero-order valence-corrected chi connectivity index (χ0v) is 13.1. The molecule has 0 aliphatic rings. The van der Waals surface area contributed by atoms with Crippen LogP contribution in [0.25, 0.3) is 10.8 Å². The van der Waals surface area contributed by atoms with Gasteiger partial charge in [0.25, 0.3) is 0 Å². The lowest BCUT2D eigenvalue weighted by molar-refractivity contribution is -0.141. The van der Waals surface area contributed by atoms with Gasteiger partial charge in [0.1, 0.15) is 0 Å². The van der Waals surface area contributed by atoms with Crippen molar-refractivity contribution in [3.05, 3.63) is 47.0 Å².